The average Bonchev–Trinajstić information content (AvgIpc) is 3.06. The Kier molecular flexibility index (Phi) is 5.60. The van der Waals surface area contributed by atoms with Crippen molar-refractivity contribution in [3.63, 3.8) is 0 Å². The van der Waals surface area contributed by atoms with E-state index in [0.717, 1.165) is 17.4 Å². The highest BCUT2D eigenvalue weighted by molar-refractivity contribution is 7.91. The number of thiophene rings is 1. The molecule has 2 rings (SSSR count). The van der Waals surface area contributed by atoms with Gasteiger partial charge >= 0.3 is 0 Å². The van der Waals surface area contributed by atoms with E-state index in [0.29, 0.717) is 12.6 Å². The molecule has 0 unspecified atom stereocenters. The molecule has 0 aromatic carbocycles. The molecule has 1 aromatic rings. The van der Waals surface area contributed by atoms with Crippen LogP contribution in [0.5, 0.6) is 0 Å². The molecule has 1 saturated carbocycles. The maximum Gasteiger partial charge on any atom is 0.247 e. The molecule has 0 aliphatic heterocycles. The highest BCUT2D eigenvalue weighted by atomic mass is 32.2. The van der Waals surface area contributed by atoms with Crippen molar-refractivity contribution in [2.75, 3.05) is 6.54 Å². The van der Waals surface area contributed by atoms with Crippen LogP contribution >= 0.6 is 11.3 Å². The van der Waals surface area contributed by atoms with Gasteiger partial charge in [-0.3, -0.25) is 0 Å². The smallest absolute Gasteiger partial charge is 0.247 e. The number of hydrogen-bond acceptors (Lipinski definition) is 4. The second kappa shape index (κ2) is 7.24. The van der Waals surface area contributed by atoms with Gasteiger partial charge in [0.2, 0.25) is 10.0 Å². The fraction of sp³-hybridized carbons (Fsp3) is 0.615. The van der Waals surface area contributed by atoms with Gasteiger partial charge in [0.25, 0.3) is 0 Å². The third-order valence-electron chi connectivity index (χ3n) is 3.35. The van der Waals surface area contributed by atoms with Crippen LogP contribution < -0.4 is 15.8 Å². The molecule has 4 N–H and O–H groups in total. The Labute approximate surface area is 129 Å². The van der Waals surface area contributed by atoms with Gasteiger partial charge in [0, 0.05) is 17.5 Å². The number of primary sulfonamides is 1. The molecule has 1 aromatic heterocycles. The molecule has 6 nitrogen and oxygen atoms in total. The molecule has 0 bridgehead atoms. The number of hydrogen-bond donors (Lipinski definition) is 3. The quantitative estimate of drug-likeness (QED) is 0.561. The van der Waals surface area contributed by atoms with Crippen molar-refractivity contribution in [1.82, 2.24) is 10.6 Å². The van der Waals surface area contributed by atoms with Crippen LogP contribution in [0.3, 0.4) is 0 Å². The zero-order valence-electron chi connectivity index (χ0n) is 12.1. The number of nitrogens with one attached hydrogen (secondary N) is 2. The van der Waals surface area contributed by atoms with Crippen LogP contribution in [0.2, 0.25) is 0 Å². The Balaban J connectivity index is 1.99. The number of aliphatic imine (C=N–C) groups is 1. The van der Waals surface area contributed by atoms with Crippen LogP contribution in [-0.4, -0.2) is 27.0 Å². The molecule has 0 spiro atoms. The number of sulfonamides is 1. The van der Waals surface area contributed by atoms with Crippen LogP contribution in [-0.2, 0) is 16.6 Å². The van der Waals surface area contributed by atoms with Crippen molar-refractivity contribution in [2.24, 2.45) is 10.1 Å². The summed E-state index contributed by atoms with van der Waals surface area (Å²) in [4.78, 5) is 5.39. The van der Waals surface area contributed by atoms with Crippen molar-refractivity contribution < 1.29 is 8.42 Å². The van der Waals surface area contributed by atoms with Gasteiger partial charge in [-0.25, -0.2) is 18.5 Å². The molecule has 0 radical (unpaired) electrons. The van der Waals surface area contributed by atoms with Crippen molar-refractivity contribution in [3.05, 3.63) is 17.0 Å². The monoisotopic (exact) mass is 330 g/mol. The minimum absolute atomic E-state index is 0.182. The molecule has 1 heterocycles. The number of guanidine groups is 1. The Morgan fingerprint density at radius 2 is 2.14 bits per heavy atom. The number of nitrogens with two attached hydrogens (primary N) is 1. The molecule has 8 heteroatoms. The molecule has 118 valence electrons. The van der Waals surface area contributed by atoms with Gasteiger partial charge in [0.15, 0.2) is 5.96 Å². The van der Waals surface area contributed by atoms with E-state index in [-0.39, 0.29) is 4.21 Å². The Morgan fingerprint density at radius 3 is 2.71 bits per heavy atom. The minimum atomic E-state index is -3.61. The normalized spacial score (nSPS) is 17.1. The zero-order valence-corrected chi connectivity index (χ0v) is 13.8. The van der Waals surface area contributed by atoms with Crippen molar-refractivity contribution in [2.45, 2.75) is 49.4 Å². The molecule has 1 aliphatic carbocycles. The van der Waals surface area contributed by atoms with E-state index in [1.54, 1.807) is 6.07 Å². The predicted molar refractivity (Wildman–Crippen MR) is 85.9 cm³/mol. The highest BCUT2D eigenvalue weighted by Gasteiger charge is 2.16. The largest absolute Gasteiger partial charge is 0.357 e. The second-order valence-corrected chi connectivity index (χ2v) is 8.04. The molecule has 21 heavy (non-hydrogen) atoms. The lowest BCUT2D eigenvalue weighted by molar-refractivity contribution is 0.600. The van der Waals surface area contributed by atoms with Gasteiger partial charge in [-0.05, 0) is 31.9 Å². The predicted octanol–water partition coefficient (Wildman–Crippen LogP) is 1.39. The lowest BCUT2D eigenvalue weighted by atomic mass is 10.2. The first-order valence-electron chi connectivity index (χ1n) is 7.15. The van der Waals surface area contributed by atoms with E-state index in [4.69, 9.17) is 5.14 Å². The first kappa shape index (κ1) is 16.3. The molecule has 0 saturated heterocycles. The molecule has 1 aliphatic rings. The summed E-state index contributed by atoms with van der Waals surface area (Å²) in [7, 11) is -3.61. The summed E-state index contributed by atoms with van der Waals surface area (Å²) < 4.78 is 22.7. The molecular weight excluding hydrogens is 308 g/mol. The summed E-state index contributed by atoms with van der Waals surface area (Å²) >= 11 is 1.17. The van der Waals surface area contributed by atoms with E-state index in [1.807, 2.05) is 6.92 Å². The van der Waals surface area contributed by atoms with Gasteiger partial charge in [0.05, 0.1) is 6.54 Å². The van der Waals surface area contributed by atoms with Crippen LogP contribution in [0.4, 0.5) is 0 Å². The lowest BCUT2D eigenvalue weighted by Gasteiger charge is -2.16. The van der Waals surface area contributed by atoms with Crippen LogP contribution in [0.15, 0.2) is 21.3 Å². The summed E-state index contributed by atoms with van der Waals surface area (Å²) in [5, 5.41) is 11.7. The van der Waals surface area contributed by atoms with E-state index < -0.39 is 10.0 Å². The van der Waals surface area contributed by atoms with Crippen molar-refractivity contribution in [3.8, 4) is 0 Å². The fourth-order valence-electron chi connectivity index (χ4n) is 2.34. The van der Waals surface area contributed by atoms with Gasteiger partial charge in [-0.15, -0.1) is 11.3 Å². The first-order valence-corrected chi connectivity index (χ1v) is 9.51. The number of nitrogens with zero attached hydrogens (tertiary/aromatic N) is 1. The van der Waals surface area contributed by atoms with Gasteiger partial charge in [-0.2, -0.15) is 0 Å². The van der Waals surface area contributed by atoms with E-state index in [9.17, 15) is 8.42 Å². The summed E-state index contributed by atoms with van der Waals surface area (Å²) in [5.74, 6) is 0.787. The Hall–Kier alpha value is -1.12. The summed E-state index contributed by atoms with van der Waals surface area (Å²) in [6, 6.07) is 3.78. The molecule has 1 fully saturated rings. The van der Waals surface area contributed by atoms with E-state index in [1.165, 1.54) is 43.1 Å². The first-order chi connectivity index (χ1) is 9.99. The molecule has 0 atom stereocenters. The van der Waals surface area contributed by atoms with Crippen molar-refractivity contribution >= 4 is 27.3 Å². The zero-order chi connectivity index (χ0) is 15.3. The second-order valence-electron chi connectivity index (χ2n) is 5.09. The third-order valence-corrected chi connectivity index (χ3v) is 5.86. The Morgan fingerprint density at radius 1 is 1.43 bits per heavy atom. The third kappa shape index (κ3) is 4.98. The van der Waals surface area contributed by atoms with Crippen LogP contribution in [0, 0.1) is 0 Å². The average molecular weight is 330 g/mol. The SMILES string of the molecule is CCNC(=NCc1ccc(S(N)(=O)=O)s1)NC1CCCC1. The van der Waals surface area contributed by atoms with Gasteiger partial charge in [0.1, 0.15) is 4.21 Å². The maximum atomic E-state index is 11.2. The standard InChI is InChI=1S/C13H22N4O2S2/c1-2-15-13(17-10-5-3-4-6-10)16-9-11-7-8-12(20-11)21(14,18)19/h7-8,10H,2-6,9H2,1H3,(H2,14,18,19)(H2,15,16,17). The fourth-order valence-corrected chi connectivity index (χ4v) is 4.04. The number of rotatable bonds is 5. The molecular formula is C13H22N4O2S2. The molecule has 0 amide bonds. The van der Waals surface area contributed by atoms with E-state index >= 15 is 0 Å². The summed E-state index contributed by atoms with van der Waals surface area (Å²) in [6.07, 6.45) is 4.89. The van der Waals surface area contributed by atoms with Crippen LogP contribution in [0.25, 0.3) is 0 Å². The highest BCUT2D eigenvalue weighted by Crippen LogP contribution is 2.21. The van der Waals surface area contributed by atoms with Crippen LogP contribution in [0.1, 0.15) is 37.5 Å². The van der Waals surface area contributed by atoms with Gasteiger partial charge < -0.3 is 10.6 Å². The maximum absolute atomic E-state index is 11.2. The van der Waals surface area contributed by atoms with Gasteiger partial charge in [-0.1, -0.05) is 12.8 Å². The topological polar surface area (TPSA) is 96.6 Å². The summed E-state index contributed by atoms with van der Waals surface area (Å²) in [5.41, 5.74) is 0. The minimum Gasteiger partial charge on any atom is -0.357 e. The Bertz CT molecular complexity index is 589. The summed E-state index contributed by atoms with van der Waals surface area (Å²) in [6.45, 7) is 3.27. The van der Waals surface area contributed by atoms with E-state index in [2.05, 4.69) is 15.6 Å². The van der Waals surface area contributed by atoms with Crippen molar-refractivity contribution in [1.29, 1.82) is 0 Å². The lowest BCUT2D eigenvalue weighted by Crippen LogP contribution is -2.42.